The third kappa shape index (κ3) is 2.51. The normalized spacial score (nSPS) is 22.1. The van der Waals surface area contributed by atoms with Crippen molar-refractivity contribution in [2.45, 2.75) is 17.0 Å². The molecule has 1 aliphatic rings. The van der Waals surface area contributed by atoms with Gasteiger partial charge in [-0.15, -0.1) is 24.8 Å². The zero-order chi connectivity index (χ0) is 8.77. The van der Waals surface area contributed by atoms with E-state index in [1.807, 2.05) is 0 Å². The van der Waals surface area contributed by atoms with E-state index < -0.39 is 0 Å². The molecule has 0 fully saturated rings. The van der Waals surface area contributed by atoms with Gasteiger partial charge in [0.05, 0.1) is 0 Å². The maximum absolute atomic E-state index is 2.31. The van der Waals surface area contributed by atoms with Crippen LogP contribution < -0.4 is 0 Å². The molecule has 1 aromatic rings. The summed E-state index contributed by atoms with van der Waals surface area (Å²) in [5.41, 5.74) is 4.27. The topological polar surface area (TPSA) is 0 Å². The standard InChI is InChI=1S/C11H11.2ClH.Zr/c1-8-3-5-10-6-4-9(2)11(10)7-8;;;/h3-7H,1-2H3;2*1H;. The second-order valence-electron chi connectivity index (χ2n) is 3.63. The molecule has 75 valence electrons. The van der Waals surface area contributed by atoms with Gasteiger partial charge in [-0.25, -0.2) is 0 Å². The molecule has 0 aromatic heterocycles. The summed E-state index contributed by atoms with van der Waals surface area (Å²) in [7, 11) is 0. The van der Waals surface area contributed by atoms with Crippen molar-refractivity contribution < 1.29 is 24.7 Å². The van der Waals surface area contributed by atoms with Crippen molar-refractivity contribution in [3.05, 3.63) is 41.0 Å². The molecule has 3 heteroatoms. The first-order valence-electron chi connectivity index (χ1n) is 4.15. The minimum atomic E-state index is 0. The number of benzene rings is 1. The first-order chi connectivity index (χ1) is 5.59. The number of hydrogen-bond acceptors (Lipinski definition) is 0. The molecule has 0 radical (unpaired) electrons. The second kappa shape index (κ2) is 4.97. The largest absolute Gasteiger partial charge is 0.147 e. The van der Waals surface area contributed by atoms with Gasteiger partial charge in [-0.3, -0.25) is 0 Å². The molecule has 0 amide bonds. The van der Waals surface area contributed by atoms with Crippen molar-refractivity contribution in [1.29, 1.82) is 0 Å². The van der Waals surface area contributed by atoms with Crippen LogP contribution in [0.5, 0.6) is 0 Å². The van der Waals surface area contributed by atoms with Gasteiger partial charge in [0.2, 0.25) is 0 Å². The van der Waals surface area contributed by atoms with Crippen LogP contribution in [0.2, 0.25) is 0 Å². The van der Waals surface area contributed by atoms with Crippen LogP contribution in [0.15, 0.2) is 24.3 Å². The number of rotatable bonds is 0. The molecular weight excluding hydrogens is 294 g/mol. The van der Waals surface area contributed by atoms with Gasteiger partial charge in [-0.2, -0.15) is 0 Å². The Kier molecular flexibility index (Phi) is 5.12. The average molecular weight is 307 g/mol. The molecule has 0 nitrogen and oxygen atoms in total. The first-order valence-corrected chi connectivity index (χ1v) is 5.38. The van der Waals surface area contributed by atoms with Gasteiger partial charge in [0.15, 0.2) is 0 Å². The Hall–Kier alpha value is 0.423. The maximum Gasteiger partial charge on any atom is -0.147 e. The molecular formula is C11H13Cl2Zr. The first kappa shape index (κ1) is 14.4. The minimum absolute atomic E-state index is 0. The fraction of sp³-hybridized carbons (Fsp3) is 0.273. The van der Waals surface area contributed by atoms with Crippen molar-refractivity contribution in [3.8, 4) is 0 Å². The van der Waals surface area contributed by atoms with E-state index in [9.17, 15) is 0 Å². The van der Waals surface area contributed by atoms with Gasteiger partial charge in [0, 0.05) is 0 Å². The monoisotopic (exact) mass is 305 g/mol. The van der Waals surface area contributed by atoms with E-state index >= 15 is 0 Å². The molecule has 0 N–H and O–H groups in total. The van der Waals surface area contributed by atoms with Gasteiger partial charge in [-0.05, 0) is 0 Å². The molecule has 1 unspecified atom stereocenters. The summed E-state index contributed by atoms with van der Waals surface area (Å²) in [6, 6.07) is 6.71. The van der Waals surface area contributed by atoms with E-state index in [1.54, 1.807) is 24.7 Å². The predicted octanol–water partition coefficient (Wildman–Crippen LogP) is 3.63. The van der Waals surface area contributed by atoms with Crippen LogP contribution in [0.4, 0.5) is 0 Å². The van der Waals surface area contributed by atoms with Crippen LogP contribution >= 0.6 is 24.8 Å². The maximum atomic E-state index is 2.31. The van der Waals surface area contributed by atoms with Crippen LogP contribution in [0.25, 0.3) is 6.08 Å². The zero-order valence-electron chi connectivity index (χ0n) is 8.20. The Morgan fingerprint density at radius 3 is 2.50 bits per heavy atom. The van der Waals surface area contributed by atoms with Crippen LogP contribution in [0.1, 0.15) is 23.6 Å². The van der Waals surface area contributed by atoms with E-state index in [0.717, 1.165) is 0 Å². The number of hydrogen-bond donors (Lipinski definition) is 0. The summed E-state index contributed by atoms with van der Waals surface area (Å²) < 4.78 is 0.327. The van der Waals surface area contributed by atoms with E-state index in [1.165, 1.54) is 16.7 Å². The molecule has 2 rings (SSSR count). The Morgan fingerprint density at radius 1 is 1.21 bits per heavy atom. The fourth-order valence-corrected chi connectivity index (χ4v) is 2.35. The molecule has 0 saturated heterocycles. The molecule has 0 heterocycles. The molecule has 0 saturated carbocycles. The van der Waals surface area contributed by atoms with Gasteiger partial charge >= 0.3 is 88.7 Å². The Morgan fingerprint density at radius 2 is 1.86 bits per heavy atom. The summed E-state index contributed by atoms with van der Waals surface area (Å²) in [6.45, 7) is 4.46. The Balaban J connectivity index is 0.000000845. The van der Waals surface area contributed by atoms with Crippen LogP contribution in [0, 0.1) is 6.92 Å². The molecule has 1 atom stereocenters. The number of aryl methyl sites for hydroxylation is 1. The summed E-state index contributed by atoms with van der Waals surface area (Å²) in [5, 5.41) is 0. The summed E-state index contributed by atoms with van der Waals surface area (Å²) >= 11 is 1.57. The minimum Gasteiger partial charge on any atom is -0.147 e. The summed E-state index contributed by atoms with van der Waals surface area (Å²) in [5.74, 6) is 0. The molecule has 14 heavy (non-hydrogen) atoms. The quantitative estimate of drug-likeness (QED) is 0.686. The molecule has 1 aromatic carbocycles. The van der Waals surface area contributed by atoms with E-state index in [-0.39, 0.29) is 24.8 Å². The van der Waals surface area contributed by atoms with Gasteiger partial charge in [0.25, 0.3) is 0 Å². The van der Waals surface area contributed by atoms with E-state index in [0.29, 0.717) is 3.12 Å². The Labute approximate surface area is 113 Å². The molecule has 0 aliphatic heterocycles. The predicted molar refractivity (Wildman–Crippen MR) is 62.1 cm³/mol. The SMILES string of the molecule is Cc1ccc2c(c1)[C](C)([Zr])C=C2.Cl.Cl. The smallest absolute Gasteiger partial charge is 0.147 e. The zero-order valence-corrected chi connectivity index (χ0v) is 12.3. The van der Waals surface area contributed by atoms with Crippen molar-refractivity contribution in [2.24, 2.45) is 0 Å². The van der Waals surface area contributed by atoms with Gasteiger partial charge in [-0.1, -0.05) is 0 Å². The molecule has 0 bridgehead atoms. The summed E-state index contributed by atoms with van der Waals surface area (Å²) in [6.07, 6.45) is 4.55. The van der Waals surface area contributed by atoms with Crippen LogP contribution in [0.3, 0.4) is 0 Å². The van der Waals surface area contributed by atoms with Crippen LogP contribution in [-0.4, -0.2) is 0 Å². The number of allylic oxidation sites excluding steroid dienone is 1. The van der Waals surface area contributed by atoms with Crippen molar-refractivity contribution in [3.63, 3.8) is 0 Å². The van der Waals surface area contributed by atoms with Crippen molar-refractivity contribution in [2.75, 3.05) is 0 Å². The van der Waals surface area contributed by atoms with Crippen molar-refractivity contribution >= 4 is 30.9 Å². The van der Waals surface area contributed by atoms with Gasteiger partial charge in [0.1, 0.15) is 0 Å². The molecule has 0 spiro atoms. The molecule has 1 aliphatic carbocycles. The van der Waals surface area contributed by atoms with E-state index in [2.05, 4.69) is 44.2 Å². The number of fused-ring (bicyclic) bond motifs is 1. The second-order valence-corrected chi connectivity index (χ2v) is 6.18. The average Bonchev–Trinajstić information content (AvgIpc) is 2.28. The third-order valence-electron chi connectivity index (χ3n) is 2.36. The van der Waals surface area contributed by atoms with Crippen molar-refractivity contribution in [1.82, 2.24) is 0 Å². The van der Waals surface area contributed by atoms with E-state index in [4.69, 9.17) is 0 Å². The Bertz CT molecular complexity index is 356. The summed E-state index contributed by atoms with van der Waals surface area (Å²) in [4.78, 5) is 0. The fourth-order valence-electron chi connectivity index (χ4n) is 1.61. The number of halogens is 2. The van der Waals surface area contributed by atoms with Crippen LogP contribution in [-0.2, 0) is 27.8 Å². The van der Waals surface area contributed by atoms with Gasteiger partial charge < -0.3 is 0 Å². The third-order valence-corrected chi connectivity index (χ3v) is 3.44.